The Hall–Kier alpha value is -1.46. The van der Waals surface area contributed by atoms with Crippen LogP contribution in [0.15, 0.2) is 24.5 Å². The summed E-state index contributed by atoms with van der Waals surface area (Å²) < 4.78 is 5.38. The van der Waals surface area contributed by atoms with Crippen LogP contribution in [-0.4, -0.2) is 23.6 Å². The molecule has 0 saturated carbocycles. The summed E-state index contributed by atoms with van der Waals surface area (Å²) in [7, 11) is 0. The Bertz CT molecular complexity index is 377. The van der Waals surface area contributed by atoms with Crippen LogP contribution in [0.1, 0.15) is 37.9 Å². The largest absolute Gasteiger partial charge is 0.368 e. The molecule has 2 heterocycles. The molecule has 1 N–H and O–H groups in total. The minimum atomic E-state index is -0.372. The maximum Gasteiger partial charge on any atom is 0.272 e. The second kappa shape index (κ2) is 6.47. The van der Waals surface area contributed by atoms with E-state index in [0.29, 0.717) is 6.61 Å². The van der Waals surface area contributed by atoms with Crippen molar-refractivity contribution in [2.75, 3.05) is 6.61 Å². The van der Waals surface area contributed by atoms with Crippen LogP contribution in [-0.2, 0) is 14.4 Å². The second-order valence-electron chi connectivity index (χ2n) is 4.36. The number of hydrogen-bond acceptors (Lipinski definition) is 4. The molecule has 1 amide bonds. The maximum absolute atomic E-state index is 11.8. The Morgan fingerprint density at radius 1 is 1.50 bits per heavy atom. The number of nitrogens with one attached hydrogen (secondary N) is 1. The van der Waals surface area contributed by atoms with Crippen LogP contribution in [0.4, 0.5) is 0 Å². The normalized spacial score (nSPS) is 21.3. The van der Waals surface area contributed by atoms with Crippen molar-refractivity contribution in [3.63, 3.8) is 0 Å². The molecule has 5 nitrogen and oxygen atoms in total. The first-order valence-electron chi connectivity index (χ1n) is 6.24. The van der Waals surface area contributed by atoms with Gasteiger partial charge in [-0.1, -0.05) is 0 Å². The van der Waals surface area contributed by atoms with Gasteiger partial charge in [0.1, 0.15) is 12.2 Å². The lowest BCUT2D eigenvalue weighted by atomic mass is 10.1. The van der Waals surface area contributed by atoms with Gasteiger partial charge in [-0.2, -0.15) is 0 Å². The predicted molar refractivity (Wildman–Crippen MR) is 65.5 cm³/mol. The molecule has 0 bridgehead atoms. The number of nitrogens with zero attached hydrogens (tertiary/aromatic N) is 1. The first-order valence-corrected chi connectivity index (χ1v) is 6.24. The third kappa shape index (κ3) is 3.51. The number of hydrogen-bond donors (Lipinski definition) is 1. The minimum Gasteiger partial charge on any atom is -0.368 e. The SMILES string of the molecule is C[C@H](ONC(=O)C1CCCCO1)c1ccncc1. The maximum atomic E-state index is 11.8. The minimum absolute atomic E-state index is 0.199. The van der Waals surface area contributed by atoms with E-state index in [-0.39, 0.29) is 18.1 Å². The fraction of sp³-hybridized carbons (Fsp3) is 0.538. The summed E-state index contributed by atoms with van der Waals surface area (Å²) >= 11 is 0. The van der Waals surface area contributed by atoms with Gasteiger partial charge < -0.3 is 4.74 Å². The Labute approximate surface area is 106 Å². The number of ether oxygens (including phenoxy) is 1. The highest BCUT2D eigenvalue weighted by molar-refractivity contribution is 5.79. The lowest BCUT2D eigenvalue weighted by Crippen LogP contribution is -2.38. The first-order chi connectivity index (χ1) is 8.77. The quantitative estimate of drug-likeness (QED) is 0.827. The monoisotopic (exact) mass is 250 g/mol. The van der Waals surface area contributed by atoms with E-state index in [1.54, 1.807) is 12.4 Å². The van der Waals surface area contributed by atoms with Crippen molar-refractivity contribution in [2.45, 2.75) is 38.4 Å². The standard InChI is InChI=1S/C13H18N2O3/c1-10(11-5-7-14-8-6-11)18-15-13(16)12-4-2-3-9-17-12/h5-8,10,12H,2-4,9H2,1H3,(H,15,16)/t10-,12?/m0/s1. The number of hydroxylamine groups is 1. The lowest BCUT2D eigenvalue weighted by Gasteiger charge is -2.22. The van der Waals surface area contributed by atoms with Crippen LogP contribution >= 0.6 is 0 Å². The molecular formula is C13H18N2O3. The third-order valence-corrected chi connectivity index (χ3v) is 2.98. The molecule has 2 rings (SSSR count). The van der Waals surface area contributed by atoms with E-state index in [1.165, 1.54) is 0 Å². The molecular weight excluding hydrogens is 232 g/mol. The Kier molecular flexibility index (Phi) is 4.66. The van der Waals surface area contributed by atoms with Crippen molar-refractivity contribution in [1.29, 1.82) is 0 Å². The van der Waals surface area contributed by atoms with Gasteiger partial charge in [0.15, 0.2) is 0 Å². The van der Waals surface area contributed by atoms with E-state index in [2.05, 4.69) is 10.5 Å². The summed E-state index contributed by atoms with van der Waals surface area (Å²) in [6.07, 6.45) is 5.63. The van der Waals surface area contributed by atoms with Crippen molar-refractivity contribution in [2.24, 2.45) is 0 Å². The fourth-order valence-corrected chi connectivity index (χ4v) is 1.86. The molecule has 0 radical (unpaired) electrons. The van der Waals surface area contributed by atoms with Crippen LogP contribution in [0.2, 0.25) is 0 Å². The van der Waals surface area contributed by atoms with E-state index < -0.39 is 0 Å². The number of carbonyl (C=O) groups is 1. The van der Waals surface area contributed by atoms with Crippen LogP contribution in [0.3, 0.4) is 0 Å². The van der Waals surface area contributed by atoms with Gasteiger partial charge in [0.25, 0.3) is 5.91 Å². The number of aromatic nitrogens is 1. The Morgan fingerprint density at radius 2 is 2.28 bits per heavy atom. The van der Waals surface area contributed by atoms with E-state index in [4.69, 9.17) is 9.57 Å². The molecule has 1 aromatic rings. The number of carbonyl (C=O) groups excluding carboxylic acids is 1. The Morgan fingerprint density at radius 3 is 2.94 bits per heavy atom. The molecule has 0 spiro atoms. The number of amides is 1. The van der Waals surface area contributed by atoms with Crippen LogP contribution in [0.25, 0.3) is 0 Å². The van der Waals surface area contributed by atoms with Crippen molar-refractivity contribution >= 4 is 5.91 Å². The van der Waals surface area contributed by atoms with Gasteiger partial charge in [-0.15, -0.1) is 0 Å². The first kappa shape index (κ1) is 13.0. The predicted octanol–water partition coefficient (Wildman–Crippen LogP) is 1.76. The van der Waals surface area contributed by atoms with Crippen molar-refractivity contribution < 1.29 is 14.4 Å². The second-order valence-corrected chi connectivity index (χ2v) is 4.36. The van der Waals surface area contributed by atoms with Gasteiger partial charge >= 0.3 is 0 Å². The smallest absolute Gasteiger partial charge is 0.272 e. The average Bonchev–Trinajstić information content (AvgIpc) is 2.46. The summed E-state index contributed by atoms with van der Waals surface area (Å²) in [5.74, 6) is -0.199. The molecule has 1 unspecified atom stereocenters. The van der Waals surface area contributed by atoms with Gasteiger partial charge in [0.2, 0.25) is 0 Å². The van der Waals surface area contributed by atoms with Crippen molar-refractivity contribution in [3.8, 4) is 0 Å². The molecule has 2 atom stereocenters. The summed E-state index contributed by atoms with van der Waals surface area (Å²) in [5, 5.41) is 0. The zero-order valence-electron chi connectivity index (χ0n) is 10.5. The summed E-state index contributed by atoms with van der Waals surface area (Å²) in [4.78, 5) is 21.0. The topological polar surface area (TPSA) is 60.5 Å². The zero-order valence-corrected chi connectivity index (χ0v) is 10.5. The van der Waals surface area contributed by atoms with Crippen molar-refractivity contribution in [1.82, 2.24) is 10.5 Å². The molecule has 1 aromatic heterocycles. The molecule has 0 aliphatic carbocycles. The van der Waals surface area contributed by atoms with E-state index in [0.717, 1.165) is 24.8 Å². The van der Waals surface area contributed by atoms with E-state index >= 15 is 0 Å². The zero-order chi connectivity index (χ0) is 12.8. The third-order valence-electron chi connectivity index (χ3n) is 2.98. The molecule has 18 heavy (non-hydrogen) atoms. The Balaban J connectivity index is 1.78. The molecule has 0 aromatic carbocycles. The lowest BCUT2D eigenvalue weighted by molar-refractivity contribution is -0.152. The highest BCUT2D eigenvalue weighted by Crippen LogP contribution is 2.15. The molecule has 1 aliphatic heterocycles. The molecule has 1 saturated heterocycles. The number of pyridine rings is 1. The molecule has 1 fully saturated rings. The van der Waals surface area contributed by atoms with Crippen molar-refractivity contribution in [3.05, 3.63) is 30.1 Å². The molecule has 1 aliphatic rings. The summed E-state index contributed by atoms with van der Waals surface area (Å²) in [5.41, 5.74) is 3.43. The van der Waals surface area contributed by atoms with Gasteiger partial charge in [-0.05, 0) is 43.9 Å². The van der Waals surface area contributed by atoms with Crippen LogP contribution < -0.4 is 5.48 Å². The van der Waals surface area contributed by atoms with E-state index in [1.807, 2.05) is 19.1 Å². The van der Waals surface area contributed by atoms with Gasteiger partial charge in [-0.25, -0.2) is 5.48 Å². The highest BCUT2D eigenvalue weighted by Gasteiger charge is 2.22. The summed E-state index contributed by atoms with van der Waals surface area (Å²) in [6, 6.07) is 3.71. The van der Waals surface area contributed by atoms with Crippen LogP contribution in [0, 0.1) is 0 Å². The highest BCUT2D eigenvalue weighted by atomic mass is 16.7. The summed E-state index contributed by atoms with van der Waals surface area (Å²) in [6.45, 7) is 2.52. The average molecular weight is 250 g/mol. The molecule has 5 heteroatoms. The van der Waals surface area contributed by atoms with E-state index in [9.17, 15) is 4.79 Å². The van der Waals surface area contributed by atoms with Gasteiger partial charge in [-0.3, -0.25) is 14.6 Å². The molecule has 98 valence electrons. The van der Waals surface area contributed by atoms with Gasteiger partial charge in [0, 0.05) is 19.0 Å². The van der Waals surface area contributed by atoms with Crippen LogP contribution in [0.5, 0.6) is 0 Å². The van der Waals surface area contributed by atoms with Gasteiger partial charge in [0.05, 0.1) is 0 Å². The number of rotatable bonds is 4. The fourth-order valence-electron chi connectivity index (χ4n) is 1.86.